The quantitative estimate of drug-likeness (QED) is 0.852. The molecule has 0 saturated carbocycles. The van der Waals surface area contributed by atoms with Gasteiger partial charge in [-0.05, 0) is 18.2 Å². The van der Waals surface area contributed by atoms with Gasteiger partial charge < -0.3 is 4.42 Å². The van der Waals surface area contributed by atoms with Gasteiger partial charge in [0.2, 0.25) is 0 Å². The number of carbonyl (C=O) groups is 1. The topological polar surface area (TPSA) is 92.8 Å². The number of nitrogens with zero attached hydrogens (tertiary/aromatic N) is 3. The van der Waals surface area contributed by atoms with Crippen molar-refractivity contribution >= 4 is 33.0 Å². The molecule has 1 aliphatic heterocycles. The van der Waals surface area contributed by atoms with E-state index in [1.165, 1.54) is 37.8 Å². The molecule has 1 aliphatic rings. The summed E-state index contributed by atoms with van der Waals surface area (Å²) in [5.41, 5.74) is 0.318. The second-order valence-corrected chi connectivity index (χ2v) is 7.25. The molecule has 114 valence electrons. The van der Waals surface area contributed by atoms with Crippen LogP contribution in [0.5, 0.6) is 0 Å². The zero-order valence-corrected chi connectivity index (χ0v) is 13.3. The maximum absolute atomic E-state index is 12.0. The SMILES string of the molecule is CC(=O)C1=CC(c2ccc(-c3cnco3)s2)=NS(=O)(=O)N1C. The molecule has 0 aliphatic carbocycles. The van der Waals surface area contributed by atoms with Crippen molar-refractivity contribution in [2.45, 2.75) is 6.92 Å². The van der Waals surface area contributed by atoms with Crippen molar-refractivity contribution in [1.29, 1.82) is 0 Å². The van der Waals surface area contributed by atoms with Gasteiger partial charge in [0.15, 0.2) is 17.9 Å². The minimum atomic E-state index is -3.89. The third-order valence-corrected chi connectivity index (χ3v) is 5.51. The van der Waals surface area contributed by atoms with Gasteiger partial charge in [-0.1, -0.05) is 0 Å². The van der Waals surface area contributed by atoms with E-state index in [9.17, 15) is 13.2 Å². The van der Waals surface area contributed by atoms with Crippen LogP contribution in [0.25, 0.3) is 10.6 Å². The number of carbonyl (C=O) groups excluding carboxylic acids is 1. The summed E-state index contributed by atoms with van der Waals surface area (Å²) in [5, 5.41) is 0. The second-order valence-electron chi connectivity index (χ2n) is 4.54. The molecule has 3 heterocycles. The Labute approximate surface area is 130 Å². The Bertz CT molecular complexity index is 892. The molecule has 0 bridgehead atoms. The summed E-state index contributed by atoms with van der Waals surface area (Å²) in [6, 6.07) is 3.52. The van der Waals surface area contributed by atoms with Gasteiger partial charge in [-0.3, -0.25) is 9.10 Å². The first-order valence-corrected chi connectivity index (χ1v) is 8.40. The Morgan fingerprint density at radius 3 is 2.68 bits per heavy atom. The van der Waals surface area contributed by atoms with Crippen LogP contribution in [-0.2, 0) is 15.0 Å². The zero-order valence-electron chi connectivity index (χ0n) is 11.7. The highest BCUT2D eigenvalue weighted by Crippen LogP contribution is 2.30. The monoisotopic (exact) mass is 337 g/mol. The molecule has 9 heteroatoms. The number of thiophene rings is 1. The molecule has 0 N–H and O–H groups in total. The van der Waals surface area contributed by atoms with E-state index in [1.54, 1.807) is 18.3 Å². The van der Waals surface area contributed by atoms with Gasteiger partial charge in [0.25, 0.3) is 0 Å². The van der Waals surface area contributed by atoms with Crippen molar-refractivity contribution < 1.29 is 17.6 Å². The standard InChI is InChI=1S/C13H11N3O4S2/c1-8(17)10-5-9(15-22(18,19)16(10)2)12-3-4-13(21-12)11-6-14-7-20-11/h3-7H,1-2H3. The van der Waals surface area contributed by atoms with E-state index >= 15 is 0 Å². The fourth-order valence-electron chi connectivity index (χ4n) is 1.94. The summed E-state index contributed by atoms with van der Waals surface area (Å²) < 4.78 is 33.9. The molecule has 7 nitrogen and oxygen atoms in total. The van der Waals surface area contributed by atoms with Gasteiger partial charge >= 0.3 is 10.2 Å². The minimum absolute atomic E-state index is 0.0830. The summed E-state index contributed by atoms with van der Waals surface area (Å²) in [6.07, 6.45) is 4.36. The number of aromatic nitrogens is 1. The lowest BCUT2D eigenvalue weighted by Crippen LogP contribution is -2.32. The Hall–Kier alpha value is -2.26. The van der Waals surface area contributed by atoms with Gasteiger partial charge in [-0.15, -0.1) is 15.7 Å². The van der Waals surface area contributed by atoms with E-state index in [2.05, 4.69) is 9.38 Å². The number of allylic oxidation sites excluding steroid dienone is 2. The van der Waals surface area contributed by atoms with Gasteiger partial charge in [0, 0.05) is 14.0 Å². The summed E-state index contributed by atoms with van der Waals surface area (Å²) in [4.78, 5) is 16.9. The lowest BCUT2D eigenvalue weighted by atomic mass is 10.2. The Balaban J connectivity index is 2.06. The van der Waals surface area contributed by atoms with Gasteiger partial charge in [0.05, 0.1) is 27.4 Å². The van der Waals surface area contributed by atoms with Crippen LogP contribution >= 0.6 is 11.3 Å². The minimum Gasteiger partial charge on any atom is -0.443 e. The zero-order chi connectivity index (χ0) is 15.9. The van der Waals surface area contributed by atoms with Crippen LogP contribution in [0.4, 0.5) is 0 Å². The predicted octanol–water partition coefficient (Wildman–Crippen LogP) is 1.86. The fourth-order valence-corrected chi connectivity index (χ4v) is 3.87. The molecule has 0 saturated heterocycles. The van der Waals surface area contributed by atoms with Gasteiger partial charge in [-0.25, -0.2) is 4.98 Å². The summed E-state index contributed by atoms with van der Waals surface area (Å²) in [7, 11) is -2.59. The van der Waals surface area contributed by atoms with Gasteiger partial charge in [-0.2, -0.15) is 8.42 Å². The van der Waals surface area contributed by atoms with Crippen LogP contribution in [0.15, 0.2) is 45.3 Å². The number of ketones is 1. The van der Waals surface area contributed by atoms with Crippen LogP contribution in [0.3, 0.4) is 0 Å². The predicted molar refractivity (Wildman–Crippen MR) is 81.8 cm³/mol. The van der Waals surface area contributed by atoms with E-state index in [0.717, 1.165) is 9.18 Å². The molecule has 0 aromatic carbocycles. The molecule has 0 spiro atoms. The molecule has 22 heavy (non-hydrogen) atoms. The molecule has 2 aromatic heterocycles. The number of hydrogen-bond acceptors (Lipinski definition) is 6. The van der Waals surface area contributed by atoms with Gasteiger partial charge in [0.1, 0.15) is 0 Å². The van der Waals surface area contributed by atoms with Crippen molar-refractivity contribution in [3.8, 4) is 10.6 Å². The highest BCUT2D eigenvalue weighted by atomic mass is 32.2. The smallest absolute Gasteiger partial charge is 0.345 e. The molecule has 0 fully saturated rings. The average molecular weight is 337 g/mol. The summed E-state index contributed by atoms with van der Waals surface area (Å²) >= 11 is 1.31. The lowest BCUT2D eigenvalue weighted by Gasteiger charge is -2.22. The Kier molecular flexibility index (Phi) is 3.45. The van der Waals surface area contributed by atoms with Crippen LogP contribution in [0.2, 0.25) is 0 Å². The van der Waals surface area contributed by atoms with E-state index in [-0.39, 0.29) is 17.2 Å². The van der Waals surface area contributed by atoms with E-state index in [4.69, 9.17) is 4.42 Å². The molecular weight excluding hydrogens is 326 g/mol. The van der Waals surface area contributed by atoms with Crippen LogP contribution in [-0.4, -0.2) is 36.2 Å². The lowest BCUT2D eigenvalue weighted by molar-refractivity contribution is -0.114. The van der Waals surface area contributed by atoms with Crippen LogP contribution in [0, 0.1) is 0 Å². The summed E-state index contributed by atoms with van der Waals surface area (Å²) in [5.74, 6) is 0.244. The third-order valence-electron chi connectivity index (χ3n) is 3.07. The van der Waals surface area contributed by atoms with Crippen molar-refractivity contribution in [3.05, 3.63) is 41.4 Å². The molecule has 2 aromatic rings. The first-order valence-electron chi connectivity index (χ1n) is 6.19. The first-order chi connectivity index (χ1) is 10.4. The summed E-state index contributed by atoms with van der Waals surface area (Å²) in [6.45, 7) is 1.31. The number of hydrogen-bond donors (Lipinski definition) is 0. The first kappa shape index (κ1) is 14.7. The molecule has 0 unspecified atom stereocenters. The fraction of sp³-hybridized carbons (Fsp3) is 0.154. The third kappa shape index (κ3) is 2.48. The Morgan fingerprint density at radius 1 is 1.32 bits per heavy atom. The number of rotatable bonds is 3. The molecule has 0 atom stereocenters. The maximum atomic E-state index is 12.0. The van der Waals surface area contributed by atoms with E-state index < -0.39 is 10.2 Å². The van der Waals surface area contributed by atoms with E-state index in [1.807, 2.05) is 0 Å². The van der Waals surface area contributed by atoms with Crippen molar-refractivity contribution in [2.75, 3.05) is 7.05 Å². The number of Topliss-reactive ketones (excluding diaryl/α,β-unsaturated/α-hetero) is 1. The molecule has 0 amide bonds. The molecular formula is C13H11N3O4S2. The maximum Gasteiger partial charge on any atom is 0.345 e. The van der Waals surface area contributed by atoms with Crippen molar-refractivity contribution in [2.24, 2.45) is 4.40 Å². The molecule has 0 radical (unpaired) electrons. The normalized spacial score (nSPS) is 17.1. The average Bonchev–Trinajstić information content (AvgIpc) is 3.10. The number of likely N-dealkylation sites (N-methyl/N-ethyl adjacent to an activating group) is 1. The molecule has 3 rings (SSSR count). The Morgan fingerprint density at radius 2 is 2.05 bits per heavy atom. The van der Waals surface area contributed by atoms with Crippen LogP contribution in [0.1, 0.15) is 11.8 Å². The van der Waals surface area contributed by atoms with Crippen molar-refractivity contribution in [1.82, 2.24) is 9.29 Å². The highest BCUT2D eigenvalue weighted by molar-refractivity contribution is 7.88. The largest absolute Gasteiger partial charge is 0.443 e. The highest BCUT2D eigenvalue weighted by Gasteiger charge is 2.28. The number of oxazole rings is 1. The van der Waals surface area contributed by atoms with E-state index in [0.29, 0.717) is 10.6 Å². The van der Waals surface area contributed by atoms with Crippen molar-refractivity contribution in [3.63, 3.8) is 0 Å². The second kappa shape index (κ2) is 5.18. The van der Waals surface area contributed by atoms with Crippen LogP contribution < -0.4 is 0 Å².